The molecule has 1 heterocycles. The lowest BCUT2D eigenvalue weighted by molar-refractivity contribution is 0.0944. The van der Waals surface area contributed by atoms with Gasteiger partial charge in [-0.1, -0.05) is 39.2 Å². The molecule has 0 unspecified atom stereocenters. The molecule has 0 bridgehead atoms. The van der Waals surface area contributed by atoms with Crippen molar-refractivity contribution in [2.45, 2.75) is 59.4 Å². The third-order valence-corrected chi connectivity index (χ3v) is 4.20. The van der Waals surface area contributed by atoms with Crippen LogP contribution in [0.4, 0.5) is 0 Å². The van der Waals surface area contributed by atoms with Crippen LogP contribution in [-0.2, 0) is 6.54 Å². The predicted molar refractivity (Wildman–Crippen MR) is 99.9 cm³/mol. The van der Waals surface area contributed by atoms with Gasteiger partial charge in [0.25, 0.3) is 5.91 Å². The molecule has 1 aromatic heterocycles. The summed E-state index contributed by atoms with van der Waals surface area (Å²) < 4.78 is 7.84. The van der Waals surface area contributed by atoms with Crippen LogP contribution in [0.3, 0.4) is 0 Å². The summed E-state index contributed by atoms with van der Waals surface area (Å²) in [4.78, 5) is 12.6. The first-order valence-electron chi connectivity index (χ1n) is 9.26. The first-order chi connectivity index (χ1) is 11.7. The Balaban J connectivity index is 2.22. The fourth-order valence-electron chi connectivity index (χ4n) is 3.04. The number of fused-ring (bicyclic) bond motifs is 1. The zero-order valence-corrected chi connectivity index (χ0v) is 15.2. The number of rotatable bonds is 10. The first-order valence-corrected chi connectivity index (χ1v) is 9.26. The van der Waals surface area contributed by atoms with Crippen LogP contribution in [0.25, 0.3) is 10.9 Å². The predicted octanol–water partition coefficient (Wildman–Crippen LogP) is 4.76. The molecule has 0 aliphatic carbocycles. The molecule has 2 rings (SSSR count). The molecule has 0 fully saturated rings. The summed E-state index contributed by atoms with van der Waals surface area (Å²) in [5, 5.41) is 4.09. The molecular formula is C20H30N2O2. The summed E-state index contributed by atoms with van der Waals surface area (Å²) in [6.07, 6.45) is 5.63. The van der Waals surface area contributed by atoms with Gasteiger partial charge in [0.2, 0.25) is 0 Å². The molecule has 0 radical (unpaired) electrons. The van der Waals surface area contributed by atoms with Crippen LogP contribution in [0.2, 0.25) is 0 Å². The number of benzene rings is 1. The number of ether oxygens (including phenoxy) is 1. The van der Waals surface area contributed by atoms with Gasteiger partial charge in [-0.2, -0.15) is 0 Å². The van der Waals surface area contributed by atoms with E-state index in [9.17, 15) is 4.79 Å². The summed E-state index contributed by atoms with van der Waals surface area (Å²) >= 11 is 0. The van der Waals surface area contributed by atoms with Crippen LogP contribution in [0, 0.1) is 0 Å². The number of unbranched alkanes of at least 4 members (excludes halogenated alkanes) is 3. The third-order valence-electron chi connectivity index (χ3n) is 4.20. The highest BCUT2D eigenvalue weighted by Gasteiger charge is 2.17. The van der Waals surface area contributed by atoms with E-state index in [4.69, 9.17) is 4.74 Å². The van der Waals surface area contributed by atoms with E-state index in [0.29, 0.717) is 6.61 Å². The maximum atomic E-state index is 12.6. The van der Waals surface area contributed by atoms with E-state index >= 15 is 0 Å². The fourth-order valence-corrected chi connectivity index (χ4v) is 3.04. The summed E-state index contributed by atoms with van der Waals surface area (Å²) in [5.74, 6) is 0.862. The highest BCUT2D eigenvalue weighted by atomic mass is 16.5. The maximum Gasteiger partial charge on any atom is 0.267 e. The second kappa shape index (κ2) is 9.36. The molecule has 2 aromatic rings. The Morgan fingerprint density at radius 3 is 2.67 bits per heavy atom. The second-order valence-electron chi connectivity index (χ2n) is 6.12. The molecule has 132 valence electrons. The molecule has 1 aromatic carbocycles. The van der Waals surface area contributed by atoms with Gasteiger partial charge in [0.1, 0.15) is 11.4 Å². The van der Waals surface area contributed by atoms with E-state index in [1.807, 2.05) is 25.1 Å². The summed E-state index contributed by atoms with van der Waals surface area (Å²) in [5.41, 5.74) is 1.80. The Bertz CT molecular complexity index is 661. The van der Waals surface area contributed by atoms with E-state index in [1.165, 1.54) is 19.3 Å². The van der Waals surface area contributed by atoms with Crippen LogP contribution >= 0.6 is 0 Å². The van der Waals surface area contributed by atoms with Gasteiger partial charge in [-0.05, 0) is 38.0 Å². The molecule has 0 atom stereocenters. The number of nitrogens with zero attached hydrogens (tertiary/aromatic N) is 1. The molecule has 0 saturated carbocycles. The molecule has 4 heteroatoms. The van der Waals surface area contributed by atoms with E-state index in [-0.39, 0.29) is 5.91 Å². The maximum absolute atomic E-state index is 12.6. The molecule has 1 N–H and O–H groups in total. The van der Waals surface area contributed by atoms with E-state index in [0.717, 1.165) is 48.3 Å². The normalized spacial score (nSPS) is 11.0. The summed E-state index contributed by atoms with van der Waals surface area (Å²) in [6, 6.07) is 7.99. The van der Waals surface area contributed by atoms with Gasteiger partial charge in [-0.25, -0.2) is 0 Å². The standard InChI is InChI=1S/C20H30N2O2/c1-4-7-8-9-13-21-20(23)18-15-16-17(22(18)14-5-2)11-10-12-19(16)24-6-3/h10-12,15H,4-9,13-14H2,1-3H3,(H,21,23). The minimum Gasteiger partial charge on any atom is -0.493 e. The van der Waals surface area contributed by atoms with Crippen LogP contribution in [0.15, 0.2) is 24.3 Å². The van der Waals surface area contributed by atoms with Gasteiger partial charge in [-0.3, -0.25) is 4.79 Å². The number of carbonyl (C=O) groups is 1. The van der Waals surface area contributed by atoms with Crippen molar-refractivity contribution in [3.63, 3.8) is 0 Å². The number of hydrogen-bond donors (Lipinski definition) is 1. The Hall–Kier alpha value is -1.97. The van der Waals surface area contributed by atoms with Crippen LogP contribution < -0.4 is 10.1 Å². The molecular weight excluding hydrogens is 300 g/mol. The number of carbonyl (C=O) groups excluding carboxylic acids is 1. The topological polar surface area (TPSA) is 43.3 Å². The van der Waals surface area contributed by atoms with Crippen molar-refractivity contribution in [2.24, 2.45) is 0 Å². The van der Waals surface area contributed by atoms with Gasteiger partial charge in [0.15, 0.2) is 0 Å². The fraction of sp³-hybridized carbons (Fsp3) is 0.550. The molecule has 0 spiro atoms. The Morgan fingerprint density at radius 2 is 1.96 bits per heavy atom. The Labute approximate surface area is 145 Å². The van der Waals surface area contributed by atoms with E-state index in [2.05, 4.69) is 29.8 Å². The van der Waals surface area contributed by atoms with Crippen LogP contribution in [-0.4, -0.2) is 23.6 Å². The lowest BCUT2D eigenvalue weighted by atomic mass is 10.2. The number of aryl methyl sites for hydroxylation is 1. The summed E-state index contributed by atoms with van der Waals surface area (Å²) in [7, 11) is 0. The van der Waals surface area contributed by atoms with E-state index < -0.39 is 0 Å². The molecule has 1 amide bonds. The highest BCUT2D eigenvalue weighted by Crippen LogP contribution is 2.29. The third kappa shape index (κ3) is 4.31. The van der Waals surface area contributed by atoms with Gasteiger partial charge in [0, 0.05) is 18.5 Å². The lowest BCUT2D eigenvalue weighted by Crippen LogP contribution is -2.26. The molecule has 24 heavy (non-hydrogen) atoms. The van der Waals surface area contributed by atoms with Gasteiger partial charge < -0.3 is 14.6 Å². The summed E-state index contributed by atoms with van der Waals surface area (Å²) in [6.45, 7) is 8.49. The Morgan fingerprint density at radius 1 is 1.12 bits per heavy atom. The van der Waals surface area contributed by atoms with Crippen molar-refractivity contribution in [1.82, 2.24) is 9.88 Å². The molecule has 0 saturated heterocycles. The Kier molecular flexibility index (Phi) is 7.16. The second-order valence-corrected chi connectivity index (χ2v) is 6.12. The number of aromatic nitrogens is 1. The number of amides is 1. The zero-order chi connectivity index (χ0) is 17.4. The van der Waals surface area contributed by atoms with Crippen LogP contribution in [0.5, 0.6) is 5.75 Å². The van der Waals surface area contributed by atoms with Gasteiger partial charge >= 0.3 is 0 Å². The quantitative estimate of drug-likeness (QED) is 0.638. The van der Waals surface area contributed by atoms with E-state index in [1.54, 1.807) is 0 Å². The smallest absolute Gasteiger partial charge is 0.267 e. The monoisotopic (exact) mass is 330 g/mol. The minimum atomic E-state index is 0.0126. The largest absolute Gasteiger partial charge is 0.493 e. The van der Waals surface area contributed by atoms with Crippen molar-refractivity contribution < 1.29 is 9.53 Å². The van der Waals surface area contributed by atoms with Gasteiger partial charge in [-0.15, -0.1) is 0 Å². The average Bonchev–Trinajstić information content (AvgIpc) is 2.95. The number of nitrogens with one attached hydrogen (secondary N) is 1. The first kappa shape index (κ1) is 18.4. The molecule has 4 nitrogen and oxygen atoms in total. The van der Waals surface area contributed by atoms with Crippen molar-refractivity contribution in [1.29, 1.82) is 0 Å². The lowest BCUT2D eigenvalue weighted by Gasteiger charge is -2.10. The van der Waals surface area contributed by atoms with Gasteiger partial charge in [0.05, 0.1) is 12.1 Å². The number of hydrogen-bond acceptors (Lipinski definition) is 2. The van der Waals surface area contributed by atoms with Crippen molar-refractivity contribution >= 4 is 16.8 Å². The van der Waals surface area contributed by atoms with Crippen molar-refractivity contribution in [2.75, 3.05) is 13.2 Å². The molecule has 0 aliphatic rings. The average molecular weight is 330 g/mol. The highest BCUT2D eigenvalue weighted by molar-refractivity contribution is 6.00. The molecule has 0 aliphatic heterocycles. The minimum absolute atomic E-state index is 0.0126. The van der Waals surface area contributed by atoms with Crippen molar-refractivity contribution in [3.8, 4) is 5.75 Å². The van der Waals surface area contributed by atoms with Crippen molar-refractivity contribution in [3.05, 3.63) is 30.0 Å². The van der Waals surface area contributed by atoms with Crippen LogP contribution in [0.1, 0.15) is 63.4 Å². The SMILES string of the molecule is CCCCCCNC(=O)c1cc2c(OCC)cccc2n1CCC. The zero-order valence-electron chi connectivity index (χ0n) is 15.2.